The Morgan fingerprint density at radius 2 is 2.00 bits per heavy atom. The van der Waals surface area contributed by atoms with Crippen LogP contribution in [-0.4, -0.2) is 19.9 Å². The lowest BCUT2D eigenvalue weighted by molar-refractivity contribution is 0.0888. The van der Waals surface area contributed by atoms with Crippen molar-refractivity contribution >= 4 is 16.9 Å². The molecule has 0 N–H and O–H groups in total. The molecule has 0 bridgehead atoms. The fraction of sp³-hybridized carbons (Fsp3) is 0.188. The summed E-state index contributed by atoms with van der Waals surface area (Å²) < 4.78 is 15.4. The average molecular weight is 270 g/mol. The van der Waals surface area contributed by atoms with Crippen molar-refractivity contribution in [2.24, 2.45) is 0 Å². The largest absolute Gasteiger partial charge is 0.509 e. The molecule has 0 radical (unpaired) electrons. The van der Waals surface area contributed by atoms with Gasteiger partial charge in [-0.15, -0.1) is 0 Å². The minimum absolute atomic E-state index is 0.150. The van der Waals surface area contributed by atoms with E-state index in [1.807, 2.05) is 36.4 Å². The maximum absolute atomic E-state index is 11.2. The molecule has 1 saturated heterocycles. The number of fused-ring (bicyclic) bond motifs is 1. The van der Waals surface area contributed by atoms with E-state index < -0.39 is 11.8 Å². The van der Waals surface area contributed by atoms with Gasteiger partial charge in [0.25, 0.3) is 0 Å². The molecule has 0 aliphatic carbocycles. The van der Waals surface area contributed by atoms with Crippen molar-refractivity contribution in [2.45, 2.75) is 5.60 Å². The zero-order valence-electron chi connectivity index (χ0n) is 11.1. The number of hydrogen-bond acceptors (Lipinski definition) is 4. The first-order valence-corrected chi connectivity index (χ1v) is 6.24. The van der Waals surface area contributed by atoms with Gasteiger partial charge in [0.05, 0.1) is 7.11 Å². The monoisotopic (exact) mass is 270 g/mol. The van der Waals surface area contributed by atoms with E-state index in [-0.39, 0.29) is 6.61 Å². The summed E-state index contributed by atoms with van der Waals surface area (Å²) >= 11 is 0. The minimum Gasteiger partial charge on any atom is -0.497 e. The molecule has 1 heterocycles. The maximum Gasteiger partial charge on any atom is 0.509 e. The number of carbonyl (C=O) groups is 1. The molecule has 2 aromatic rings. The summed E-state index contributed by atoms with van der Waals surface area (Å²) in [6, 6.07) is 11.7. The van der Waals surface area contributed by atoms with Crippen molar-refractivity contribution in [1.82, 2.24) is 0 Å². The molecule has 4 nitrogen and oxygen atoms in total. The molecule has 0 amide bonds. The Morgan fingerprint density at radius 3 is 2.65 bits per heavy atom. The van der Waals surface area contributed by atoms with Crippen LogP contribution in [0.25, 0.3) is 10.8 Å². The Hall–Kier alpha value is -2.49. The first-order valence-electron chi connectivity index (χ1n) is 6.24. The first-order chi connectivity index (χ1) is 9.66. The molecule has 1 atom stereocenters. The third-order valence-corrected chi connectivity index (χ3v) is 3.54. The van der Waals surface area contributed by atoms with Gasteiger partial charge in [-0.05, 0) is 35.0 Å². The summed E-state index contributed by atoms with van der Waals surface area (Å²) in [5.41, 5.74) is -0.0541. The molecule has 1 fully saturated rings. The molecule has 20 heavy (non-hydrogen) atoms. The van der Waals surface area contributed by atoms with Crippen molar-refractivity contribution in [1.29, 1.82) is 0 Å². The standard InChI is InChI=1S/C16H14O4/c1-3-16(10-19-15(17)20-16)13-6-4-12-9-14(18-2)7-5-11(12)8-13/h3-9H,1,10H2,2H3. The Balaban J connectivity index is 2.08. The van der Waals surface area contributed by atoms with Crippen molar-refractivity contribution < 1.29 is 19.0 Å². The molecule has 0 aromatic heterocycles. The molecule has 2 aromatic carbocycles. The molecule has 4 heteroatoms. The number of benzene rings is 2. The predicted octanol–water partition coefficient (Wildman–Crippen LogP) is 3.40. The number of rotatable bonds is 3. The van der Waals surface area contributed by atoms with Gasteiger partial charge in [-0.1, -0.05) is 24.8 Å². The second kappa shape index (κ2) is 4.56. The van der Waals surface area contributed by atoms with Gasteiger partial charge in [0.1, 0.15) is 12.4 Å². The van der Waals surface area contributed by atoms with E-state index in [1.54, 1.807) is 13.2 Å². The van der Waals surface area contributed by atoms with E-state index in [1.165, 1.54) is 0 Å². The smallest absolute Gasteiger partial charge is 0.497 e. The highest BCUT2D eigenvalue weighted by molar-refractivity contribution is 5.85. The van der Waals surface area contributed by atoms with Crippen LogP contribution in [0.4, 0.5) is 4.79 Å². The van der Waals surface area contributed by atoms with Crippen molar-refractivity contribution in [2.75, 3.05) is 13.7 Å². The van der Waals surface area contributed by atoms with E-state index in [4.69, 9.17) is 14.2 Å². The van der Waals surface area contributed by atoms with Crippen LogP contribution in [0.3, 0.4) is 0 Å². The van der Waals surface area contributed by atoms with Gasteiger partial charge >= 0.3 is 6.16 Å². The first kappa shape index (κ1) is 12.5. The summed E-state index contributed by atoms with van der Waals surface area (Å²) in [6.07, 6.45) is 0.933. The van der Waals surface area contributed by atoms with Crippen LogP contribution in [0.1, 0.15) is 5.56 Å². The van der Waals surface area contributed by atoms with E-state index >= 15 is 0 Å². The maximum atomic E-state index is 11.2. The van der Waals surface area contributed by atoms with Crippen molar-refractivity contribution in [3.8, 4) is 5.75 Å². The van der Waals surface area contributed by atoms with Crippen LogP contribution in [0, 0.1) is 0 Å². The van der Waals surface area contributed by atoms with Gasteiger partial charge in [0.15, 0.2) is 5.60 Å². The molecule has 1 unspecified atom stereocenters. The van der Waals surface area contributed by atoms with Crippen LogP contribution in [-0.2, 0) is 15.1 Å². The Kier molecular flexibility index (Phi) is 2.86. The fourth-order valence-electron chi connectivity index (χ4n) is 2.35. The van der Waals surface area contributed by atoms with Gasteiger partial charge in [-0.25, -0.2) is 4.79 Å². The summed E-state index contributed by atoms with van der Waals surface area (Å²) in [5.74, 6) is 0.805. The Labute approximate surface area is 116 Å². The fourth-order valence-corrected chi connectivity index (χ4v) is 2.35. The second-order valence-electron chi connectivity index (χ2n) is 4.66. The zero-order chi connectivity index (χ0) is 14.2. The van der Waals surface area contributed by atoms with Crippen LogP contribution in [0.5, 0.6) is 5.75 Å². The van der Waals surface area contributed by atoms with Gasteiger partial charge < -0.3 is 14.2 Å². The van der Waals surface area contributed by atoms with E-state index in [9.17, 15) is 4.79 Å². The van der Waals surface area contributed by atoms with Crippen LogP contribution in [0.15, 0.2) is 49.1 Å². The Bertz CT molecular complexity index is 692. The zero-order valence-corrected chi connectivity index (χ0v) is 11.1. The van der Waals surface area contributed by atoms with Crippen molar-refractivity contribution in [3.63, 3.8) is 0 Å². The Morgan fingerprint density at radius 1 is 1.25 bits per heavy atom. The SMILES string of the molecule is C=CC1(c2ccc3cc(OC)ccc3c2)COC(=O)O1. The van der Waals surface area contributed by atoms with Gasteiger partial charge in [-0.2, -0.15) is 0 Å². The minimum atomic E-state index is -0.898. The summed E-state index contributed by atoms with van der Waals surface area (Å²) in [4.78, 5) is 11.2. The third-order valence-electron chi connectivity index (χ3n) is 3.54. The van der Waals surface area contributed by atoms with Gasteiger partial charge in [-0.3, -0.25) is 0 Å². The summed E-state index contributed by atoms with van der Waals surface area (Å²) in [5, 5.41) is 2.09. The lowest BCUT2D eigenvalue weighted by Gasteiger charge is -2.21. The van der Waals surface area contributed by atoms with Crippen molar-refractivity contribution in [3.05, 3.63) is 54.6 Å². The quantitative estimate of drug-likeness (QED) is 0.633. The number of cyclic esters (lactones) is 2. The molecule has 0 saturated carbocycles. The highest BCUT2D eigenvalue weighted by Gasteiger charge is 2.41. The molecule has 1 aliphatic rings. The average Bonchev–Trinajstić information content (AvgIpc) is 2.89. The highest BCUT2D eigenvalue weighted by Crippen LogP contribution is 2.35. The predicted molar refractivity (Wildman–Crippen MR) is 74.8 cm³/mol. The normalized spacial score (nSPS) is 21.4. The van der Waals surface area contributed by atoms with E-state index in [0.717, 1.165) is 22.1 Å². The van der Waals surface area contributed by atoms with Crippen LogP contribution < -0.4 is 4.74 Å². The van der Waals surface area contributed by atoms with E-state index in [0.29, 0.717) is 0 Å². The number of methoxy groups -OCH3 is 1. The van der Waals surface area contributed by atoms with E-state index in [2.05, 4.69) is 6.58 Å². The number of carbonyl (C=O) groups excluding carboxylic acids is 1. The molecule has 102 valence electrons. The van der Waals surface area contributed by atoms with Gasteiger partial charge in [0.2, 0.25) is 0 Å². The van der Waals surface area contributed by atoms with Crippen LogP contribution >= 0.6 is 0 Å². The highest BCUT2D eigenvalue weighted by atomic mass is 16.8. The number of ether oxygens (including phenoxy) is 3. The third kappa shape index (κ3) is 1.90. The number of hydrogen-bond donors (Lipinski definition) is 0. The second-order valence-corrected chi connectivity index (χ2v) is 4.66. The molecule has 1 aliphatic heterocycles. The van der Waals surface area contributed by atoms with Gasteiger partial charge in [0, 0.05) is 5.56 Å². The summed E-state index contributed by atoms with van der Waals surface area (Å²) in [7, 11) is 1.64. The summed E-state index contributed by atoms with van der Waals surface area (Å²) in [6.45, 7) is 3.91. The molecule has 3 rings (SSSR count). The molecule has 0 spiro atoms. The topological polar surface area (TPSA) is 44.8 Å². The molecular weight excluding hydrogens is 256 g/mol. The lowest BCUT2D eigenvalue weighted by atomic mass is 9.92. The molecular formula is C16H14O4. The van der Waals surface area contributed by atoms with Crippen LogP contribution in [0.2, 0.25) is 0 Å². The lowest BCUT2D eigenvalue weighted by Crippen LogP contribution is -2.25.